The number of carboxylic acids is 1. The molecule has 1 aromatic rings. The van der Waals surface area contributed by atoms with Crippen LogP contribution in [0.2, 0.25) is 0 Å². The highest BCUT2D eigenvalue weighted by Gasteiger charge is 2.25. The molecular weight excluding hydrogens is 282 g/mol. The van der Waals surface area contributed by atoms with Crippen molar-refractivity contribution in [3.63, 3.8) is 0 Å². The van der Waals surface area contributed by atoms with Gasteiger partial charge in [-0.2, -0.15) is 0 Å². The first-order valence-electron chi connectivity index (χ1n) is 6.65. The Morgan fingerprint density at radius 2 is 2.05 bits per heavy atom. The Morgan fingerprint density at radius 3 is 2.67 bits per heavy atom. The third-order valence-corrected chi connectivity index (χ3v) is 3.53. The number of carbonyl (C=O) groups is 2. The largest absolute Gasteiger partial charge is 0.478 e. The van der Waals surface area contributed by atoms with Gasteiger partial charge in [-0.25, -0.2) is 13.6 Å². The lowest BCUT2D eigenvalue weighted by Crippen LogP contribution is -2.45. The molecule has 0 spiro atoms. The van der Waals surface area contributed by atoms with Crippen molar-refractivity contribution in [2.45, 2.75) is 25.8 Å². The molecule has 0 aromatic heterocycles. The van der Waals surface area contributed by atoms with Crippen molar-refractivity contribution in [3.05, 3.63) is 29.3 Å². The smallest absolute Gasteiger partial charge is 0.338 e. The summed E-state index contributed by atoms with van der Waals surface area (Å²) in [7, 11) is 0. The number of aromatic carboxylic acids is 1. The van der Waals surface area contributed by atoms with Crippen molar-refractivity contribution in [2.24, 2.45) is 5.92 Å². The van der Waals surface area contributed by atoms with Gasteiger partial charge in [0, 0.05) is 6.07 Å². The Hall–Kier alpha value is -2.02. The van der Waals surface area contributed by atoms with E-state index >= 15 is 0 Å². The Balaban J connectivity index is 2.17. The van der Waals surface area contributed by atoms with E-state index in [4.69, 9.17) is 5.11 Å². The van der Waals surface area contributed by atoms with Crippen LogP contribution in [0.4, 0.5) is 14.5 Å². The summed E-state index contributed by atoms with van der Waals surface area (Å²) < 4.78 is 26.9. The zero-order valence-corrected chi connectivity index (χ0v) is 11.5. The van der Waals surface area contributed by atoms with Crippen molar-refractivity contribution < 1.29 is 23.5 Å². The average Bonchev–Trinajstić information content (AvgIpc) is 2.41. The molecule has 21 heavy (non-hydrogen) atoms. The second kappa shape index (κ2) is 6.17. The van der Waals surface area contributed by atoms with E-state index in [2.05, 4.69) is 10.6 Å². The standard InChI is InChI=1S/C14H16F2N2O3/c1-7-2-3-17-12(4-7)13(19)18-11-5-8(14(20)21)9(15)6-10(11)16/h5-7,12,17H,2-4H2,1H3,(H,18,19)(H,20,21). The highest BCUT2D eigenvalue weighted by molar-refractivity contribution is 5.96. The fraction of sp³-hybridized carbons (Fsp3) is 0.429. The lowest BCUT2D eigenvalue weighted by molar-refractivity contribution is -0.119. The molecule has 1 aliphatic heterocycles. The Bertz CT molecular complexity index is 578. The zero-order valence-electron chi connectivity index (χ0n) is 11.5. The van der Waals surface area contributed by atoms with Crippen molar-refractivity contribution in [1.82, 2.24) is 5.32 Å². The topological polar surface area (TPSA) is 78.4 Å². The molecule has 1 amide bonds. The van der Waals surface area contributed by atoms with Crippen molar-refractivity contribution >= 4 is 17.6 Å². The number of hydrogen-bond donors (Lipinski definition) is 3. The summed E-state index contributed by atoms with van der Waals surface area (Å²) in [5, 5.41) is 14.1. The predicted octanol–water partition coefficient (Wildman–Crippen LogP) is 1.99. The number of nitrogens with one attached hydrogen (secondary N) is 2. The molecule has 1 heterocycles. The molecule has 2 rings (SSSR count). The van der Waals surface area contributed by atoms with E-state index < -0.39 is 35.1 Å². The maximum atomic E-state index is 13.6. The number of halogens is 2. The van der Waals surface area contributed by atoms with Crippen molar-refractivity contribution in [2.75, 3.05) is 11.9 Å². The number of rotatable bonds is 3. The van der Waals surface area contributed by atoms with Gasteiger partial charge in [0.15, 0.2) is 0 Å². The number of carboxylic acid groups (broad SMARTS) is 1. The Labute approximate surface area is 120 Å². The molecule has 2 atom stereocenters. The fourth-order valence-electron chi connectivity index (χ4n) is 2.34. The molecule has 5 nitrogen and oxygen atoms in total. The first-order chi connectivity index (χ1) is 9.88. The predicted molar refractivity (Wildman–Crippen MR) is 72.1 cm³/mol. The van der Waals surface area contributed by atoms with E-state index in [1.165, 1.54) is 0 Å². The molecule has 114 valence electrons. The van der Waals surface area contributed by atoms with Gasteiger partial charge in [0.2, 0.25) is 5.91 Å². The molecular formula is C14H16F2N2O3. The summed E-state index contributed by atoms with van der Waals surface area (Å²) in [6.07, 6.45) is 1.57. The number of amides is 1. The molecule has 1 aliphatic rings. The third-order valence-electron chi connectivity index (χ3n) is 3.53. The summed E-state index contributed by atoms with van der Waals surface area (Å²) in [4.78, 5) is 22.9. The lowest BCUT2D eigenvalue weighted by atomic mass is 9.94. The van der Waals surface area contributed by atoms with E-state index in [0.717, 1.165) is 12.5 Å². The number of hydrogen-bond acceptors (Lipinski definition) is 3. The third kappa shape index (κ3) is 3.55. The second-order valence-electron chi connectivity index (χ2n) is 5.24. The molecule has 0 bridgehead atoms. The van der Waals surface area contributed by atoms with E-state index in [0.29, 0.717) is 24.9 Å². The zero-order chi connectivity index (χ0) is 15.6. The molecule has 0 radical (unpaired) electrons. The average molecular weight is 298 g/mol. The van der Waals surface area contributed by atoms with Gasteiger partial charge in [-0.3, -0.25) is 4.79 Å². The highest BCUT2D eigenvalue weighted by Crippen LogP contribution is 2.21. The summed E-state index contributed by atoms with van der Waals surface area (Å²) in [6.45, 7) is 2.70. The molecule has 0 saturated carbocycles. The Morgan fingerprint density at radius 1 is 1.33 bits per heavy atom. The number of carbonyl (C=O) groups excluding carboxylic acids is 1. The number of piperidine rings is 1. The maximum absolute atomic E-state index is 13.6. The van der Waals surface area contributed by atoms with Gasteiger partial charge in [-0.15, -0.1) is 0 Å². The van der Waals surface area contributed by atoms with Crippen molar-refractivity contribution in [3.8, 4) is 0 Å². The fourth-order valence-corrected chi connectivity index (χ4v) is 2.34. The molecule has 1 aromatic carbocycles. The van der Waals surface area contributed by atoms with Crippen LogP contribution in [0.15, 0.2) is 12.1 Å². The Kier molecular flexibility index (Phi) is 4.52. The van der Waals surface area contributed by atoms with Crippen LogP contribution in [0.25, 0.3) is 0 Å². The maximum Gasteiger partial charge on any atom is 0.338 e. The van der Waals surface area contributed by atoms with Gasteiger partial charge in [-0.1, -0.05) is 6.92 Å². The minimum atomic E-state index is -1.52. The monoisotopic (exact) mass is 298 g/mol. The summed E-state index contributed by atoms with van der Waals surface area (Å²) in [5.41, 5.74) is -1.02. The first-order valence-corrected chi connectivity index (χ1v) is 6.65. The molecule has 2 unspecified atom stereocenters. The number of anilines is 1. The van der Waals surface area contributed by atoms with Gasteiger partial charge in [0.25, 0.3) is 0 Å². The summed E-state index contributed by atoms with van der Waals surface area (Å²) in [5.74, 6) is -3.79. The minimum absolute atomic E-state index is 0.334. The van der Waals surface area contributed by atoms with Crippen LogP contribution in [-0.2, 0) is 4.79 Å². The molecule has 7 heteroatoms. The van der Waals surface area contributed by atoms with Crippen LogP contribution in [0.5, 0.6) is 0 Å². The van der Waals surface area contributed by atoms with Crippen LogP contribution < -0.4 is 10.6 Å². The van der Waals surface area contributed by atoms with E-state index in [1.807, 2.05) is 6.92 Å². The van der Waals surface area contributed by atoms with Crippen LogP contribution in [-0.4, -0.2) is 29.6 Å². The SMILES string of the molecule is CC1CCNC(C(=O)Nc2cc(C(=O)O)c(F)cc2F)C1. The van der Waals surface area contributed by atoms with Crippen LogP contribution >= 0.6 is 0 Å². The highest BCUT2D eigenvalue weighted by atomic mass is 19.1. The summed E-state index contributed by atoms with van der Waals surface area (Å²) >= 11 is 0. The van der Waals surface area contributed by atoms with Gasteiger partial charge < -0.3 is 15.7 Å². The van der Waals surface area contributed by atoms with Crippen LogP contribution in [0.3, 0.4) is 0 Å². The van der Waals surface area contributed by atoms with Gasteiger partial charge in [0.05, 0.1) is 17.3 Å². The van der Waals surface area contributed by atoms with E-state index in [9.17, 15) is 18.4 Å². The molecule has 0 aliphatic carbocycles. The minimum Gasteiger partial charge on any atom is -0.478 e. The van der Waals surface area contributed by atoms with Crippen molar-refractivity contribution in [1.29, 1.82) is 0 Å². The molecule has 1 saturated heterocycles. The van der Waals surface area contributed by atoms with Gasteiger partial charge in [-0.05, 0) is 31.4 Å². The van der Waals surface area contributed by atoms with Crippen LogP contribution in [0.1, 0.15) is 30.1 Å². The van der Waals surface area contributed by atoms with Crippen LogP contribution in [0, 0.1) is 17.6 Å². The number of benzene rings is 1. The van der Waals surface area contributed by atoms with Gasteiger partial charge in [0.1, 0.15) is 11.6 Å². The molecule has 1 fully saturated rings. The van der Waals surface area contributed by atoms with E-state index in [1.54, 1.807) is 0 Å². The first kappa shape index (κ1) is 15.4. The van der Waals surface area contributed by atoms with E-state index in [-0.39, 0.29) is 5.69 Å². The normalized spacial score (nSPS) is 21.9. The quantitative estimate of drug-likeness (QED) is 0.797. The molecule has 3 N–H and O–H groups in total. The second-order valence-corrected chi connectivity index (χ2v) is 5.24. The van der Waals surface area contributed by atoms with Gasteiger partial charge >= 0.3 is 5.97 Å². The summed E-state index contributed by atoms with van der Waals surface area (Å²) in [6, 6.07) is 0.777. The lowest BCUT2D eigenvalue weighted by Gasteiger charge is -2.27.